The predicted molar refractivity (Wildman–Crippen MR) is 166 cm³/mol. The summed E-state index contributed by atoms with van der Waals surface area (Å²) in [5.41, 5.74) is -0.717. The number of rotatable bonds is 19. The zero-order valence-electron chi connectivity index (χ0n) is 27.4. The largest absolute Gasteiger partial charge is 0.460 e. The van der Waals surface area contributed by atoms with Gasteiger partial charge in [0.05, 0.1) is 0 Å². The molecule has 8 amide bonds. The van der Waals surface area contributed by atoms with Crippen LogP contribution in [0.25, 0.3) is 0 Å². The molecular formula is C31H42N6O11. The number of nitrogens with zero attached hydrogens (tertiary/aromatic N) is 2. The Kier molecular flexibility index (Phi) is 14.8. The fourth-order valence-corrected chi connectivity index (χ4v) is 4.43. The van der Waals surface area contributed by atoms with Crippen molar-refractivity contribution in [1.82, 2.24) is 31.1 Å². The molecule has 0 aliphatic carbocycles. The molecule has 2 aliphatic rings. The van der Waals surface area contributed by atoms with E-state index in [1.165, 1.54) is 6.92 Å². The molecule has 17 heteroatoms. The molecule has 0 saturated heterocycles. The molecule has 0 spiro atoms. The van der Waals surface area contributed by atoms with Crippen LogP contribution in [-0.4, -0.2) is 113 Å². The number of ketones is 1. The van der Waals surface area contributed by atoms with Crippen LogP contribution >= 0.6 is 0 Å². The Bertz CT molecular complexity index is 1340. The van der Waals surface area contributed by atoms with Crippen molar-refractivity contribution in [2.24, 2.45) is 0 Å². The summed E-state index contributed by atoms with van der Waals surface area (Å²) in [6.45, 7) is 5.70. The molecule has 262 valence electrons. The van der Waals surface area contributed by atoms with Crippen LogP contribution in [0, 0.1) is 0 Å². The number of esters is 1. The van der Waals surface area contributed by atoms with Crippen molar-refractivity contribution in [2.45, 2.75) is 83.9 Å². The summed E-state index contributed by atoms with van der Waals surface area (Å²) in [7, 11) is 0. The molecule has 2 rings (SSSR count). The van der Waals surface area contributed by atoms with Crippen LogP contribution in [0.3, 0.4) is 0 Å². The number of hydrogen-bond acceptors (Lipinski definition) is 11. The van der Waals surface area contributed by atoms with Gasteiger partial charge in [-0.2, -0.15) is 0 Å². The molecule has 2 atom stereocenters. The average Bonchev–Trinajstić information content (AvgIpc) is 3.49. The molecular weight excluding hydrogens is 632 g/mol. The second kappa shape index (κ2) is 18.2. The number of hydrogen-bond donors (Lipinski definition) is 4. The summed E-state index contributed by atoms with van der Waals surface area (Å²) in [5, 5.41) is 9.82. The molecule has 0 radical (unpaired) electrons. The van der Waals surface area contributed by atoms with E-state index in [-0.39, 0.29) is 57.6 Å². The first-order valence-electron chi connectivity index (χ1n) is 15.4. The summed E-state index contributed by atoms with van der Waals surface area (Å²) in [6.07, 6.45) is 3.72. The lowest BCUT2D eigenvalue weighted by atomic mass is 10.0. The van der Waals surface area contributed by atoms with Crippen molar-refractivity contribution in [3.63, 3.8) is 0 Å². The summed E-state index contributed by atoms with van der Waals surface area (Å²) in [5.74, 6) is -6.67. The zero-order chi connectivity index (χ0) is 36.0. The van der Waals surface area contributed by atoms with E-state index < -0.39 is 83.8 Å². The average molecular weight is 675 g/mol. The number of imide groups is 2. The van der Waals surface area contributed by atoms with Crippen LogP contribution in [0.1, 0.15) is 66.2 Å². The predicted octanol–water partition coefficient (Wildman–Crippen LogP) is -1.69. The Hall–Kier alpha value is -5.22. The highest BCUT2D eigenvalue weighted by Gasteiger charge is 2.37. The van der Waals surface area contributed by atoms with E-state index in [0.717, 1.165) is 34.1 Å². The fraction of sp³-hybridized carbons (Fsp3) is 0.548. The number of amides is 8. The maximum absolute atomic E-state index is 13.5. The smallest absolute Gasteiger partial charge is 0.306 e. The van der Waals surface area contributed by atoms with Gasteiger partial charge in [-0.1, -0.05) is 0 Å². The summed E-state index contributed by atoms with van der Waals surface area (Å²) >= 11 is 0. The first kappa shape index (κ1) is 39.0. The Morgan fingerprint density at radius 3 is 1.38 bits per heavy atom. The second-order valence-electron chi connectivity index (χ2n) is 12.0. The minimum Gasteiger partial charge on any atom is -0.460 e. The van der Waals surface area contributed by atoms with Crippen LogP contribution in [-0.2, 0) is 52.7 Å². The topological polar surface area (TPSA) is 235 Å². The molecule has 2 heterocycles. The van der Waals surface area contributed by atoms with Crippen LogP contribution in [0.2, 0.25) is 0 Å². The van der Waals surface area contributed by atoms with E-state index >= 15 is 0 Å². The standard InChI is InChI=1S/C31H42N6O11/c1-19(38)7-5-15-32-29(46)27(34-20(39)13-17-36-22(41)9-10-23(36)42)28(30(47)33-16-6-8-26(45)48-31(2,3)4)35-21(40)14-18-37-24(43)11-12-25(37)44/h9-12,27-28H,5-8,13-18H2,1-4H3,(H,32,46)(H,33,47)(H,34,39)(H,35,40)/t27-,28+/m1/s1. The summed E-state index contributed by atoms with van der Waals surface area (Å²) in [6, 6.07) is -3.47. The third kappa shape index (κ3) is 13.3. The molecule has 0 aromatic carbocycles. The first-order valence-corrected chi connectivity index (χ1v) is 15.4. The summed E-state index contributed by atoms with van der Waals surface area (Å²) < 4.78 is 5.24. The maximum Gasteiger partial charge on any atom is 0.306 e. The highest BCUT2D eigenvalue weighted by Crippen LogP contribution is 2.10. The molecule has 2 aliphatic heterocycles. The van der Waals surface area contributed by atoms with Crippen molar-refractivity contribution in [3.05, 3.63) is 24.3 Å². The lowest BCUT2D eigenvalue weighted by molar-refractivity contribution is -0.155. The molecule has 0 unspecified atom stereocenters. The number of nitrogens with one attached hydrogen (secondary N) is 4. The van der Waals surface area contributed by atoms with Crippen LogP contribution in [0.4, 0.5) is 0 Å². The van der Waals surface area contributed by atoms with Crippen molar-refractivity contribution >= 4 is 59.0 Å². The maximum atomic E-state index is 13.5. The Morgan fingerprint density at radius 2 is 1.02 bits per heavy atom. The van der Waals surface area contributed by atoms with Gasteiger partial charge >= 0.3 is 5.97 Å². The molecule has 48 heavy (non-hydrogen) atoms. The van der Waals surface area contributed by atoms with Crippen molar-refractivity contribution in [1.29, 1.82) is 0 Å². The lowest BCUT2D eigenvalue weighted by Gasteiger charge is -2.28. The van der Waals surface area contributed by atoms with Gasteiger partial charge in [-0.25, -0.2) is 0 Å². The van der Waals surface area contributed by atoms with E-state index in [2.05, 4.69) is 21.3 Å². The van der Waals surface area contributed by atoms with Crippen LogP contribution in [0.15, 0.2) is 24.3 Å². The third-order valence-electron chi connectivity index (χ3n) is 6.74. The summed E-state index contributed by atoms with van der Waals surface area (Å²) in [4.78, 5) is 125. The number of ether oxygens (including phenoxy) is 1. The van der Waals surface area contributed by atoms with Gasteiger partial charge in [-0.3, -0.25) is 53.0 Å². The molecule has 0 fully saturated rings. The molecule has 0 bridgehead atoms. The number of carbonyl (C=O) groups is 10. The highest BCUT2D eigenvalue weighted by atomic mass is 16.6. The quantitative estimate of drug-likeness (QED) is 0.0685. The van der Waals surface area contributed by atoms with Gasteiger partial charge in [0.1, 0.15) is 23.5 Å². The van der Waals surface area contributed by atoms with E-state index in [1.54, 1.807) is 20.8 Å². The van der Waals surface area contributed by atoms with Crippen molar-refractivity contribution < 1.29 is 52.7 Å². The monoisotopic (exact) mass is 674 g/mol. The van der Waals surface area contributed by atoms with Crippen LogP contribution < -0.4 is 21.3 Å². The normalized spacial score (nSPS) is 15.3. The number of carbonyl (C=O) groups excluding carboxylic acids is 10. The Balaban J connectivity index is 2.22. The Morgan fingerprint density at radius 1 is 0.646 bits per heavy atom. The molecule has 0 saturated carbocycles. The first-order chi connectivity index (χ1) is 22.5. The Labute approximate surface area is 277 Å². The lowest BCUT2D eigenvalue weighted by Crippen LogP contribution is -2.64. The van der Waals surface area contributed by atoms with Gasteiger partial charge in [0.15, 0.2) is 0 Å². The minimum absolute atomic E-state index is 0.0163. The van der Waals surface area contributed by atoms with E-state index in [1.807, 2.05) is 0 Å². The van der Waals surface area contributed by atoms with Gasteiger partial charge in [0.25, 0.3) is 23.6 Å². The zero-order valence-corrected chi connectivity index (χ0v) is 27.4. The van der Waals surface area contributed by atoms with Crippen LogP contribution in [0.5, 0.6) is 0 Å². The fourth-order valence-electron chi connectivity index (χ4n) is 4.43. The molecule has 17 nitrogen and oxygen atoms in total. The highest BCUT2D eigenvalue weighted by molar-refractivity contribution is 6.13. The van der Waals surface area contributed by atoms with Crippen molar-refractivity contribution in [2.75, 3.05) is 26.2 Å². The minimum atomic E-state index is -1.74. The van der Waals surface area contributed by atoms with Gasteiger partial charge in [0.2, 0.25) is 23.6 Å². The van der Waals surface area contributed by atoms with Gasteiger partial charge in [-0.05, 0) is 40.5 Å². The van der Waals surface area contributed by atoms with Crippen molar-refractivity contribution in [3.8, 4) is 0 Å². The van der Waals surface area contributed by atoms with E-state index in [9.17, 15) is 47.9 Å². The number of Topliss-reactive ketones (excluding diaryl/α,β-unsaturated/α-hetero) is 1. The molecule has 0 aromatic heterocycles. The molecule has 4 N–H and O–H groups in total. The van der Waals surface area contributed by atoms with E-state index in [0.29, 0.717) is 0 Å². The third-order valence-corrected chi connectivity index (χ3v) is 6.74. The van der Waals surface area contributed by atoms with Gasteiger partial charge < -0.3 is 30.8 Å². The van der Waals surface area contributed by atoms with Gasteiger partial charge in [-0.15, -0.1) is 0 Å². The van der Waals surface area contributed by atoms with E-state index in [4.69, 9.17) is 4.74 Å². The second-order valence-corrected chi connectivity index (χ2v) is 12.0. The van der Waals surface area contributed by atoms with Gasteiger partial charge in [0, 0.05) is 76.2 Å². The molecule has 0 aromatic rings. The SMILES string of the molecule is CC(=O)CCCNC(=O)[C@H](NC(=O)CCN1C(=O)C=CC1=O)[C@H](NC(=O)CCN1C(=O)C=CC1=O)C(=O)NCCCC(=O)OC(C)(C)C.